The van der Waals surface area contributed by atoms with Crippen LogP contribution in [0.1, 0.15) is 23.8 Å². The second kappa shape index (κ2) is 11.3. The molecule has 182 valence electrons. The maximum Gasteiger partial charge on any atom is 0.421 e. The van der Waals surface area contributed by atoms with Crippen LogP contribution in [0, 0.1) is 0 Å². The number of aromatic nitrogens is 2. The van der Waals surface area contributed by atoms with Crippen LogP contribution < -0.4 is 15.4 Å². The fraction of sp³-hybridized carbons (Fsp3) is 0.524. The number of rotatable bonds is 9. The summed E-state index contributed by atoms with van der Waals surface area (Å²) in [6, 6.07) is 5.13. The summed E-state index contributed by atoms with van der Waals surface area (Å²) in [7, 11) is 2.84. The number of halogens is 4. The maximum absolute atomic E-state index is 13.1. The first kappa shape index (κ1) is 25.5. The lowest BCUT2D eigenvalue weighted by molar-refractivity contribution is -0.137. The molecule has 2 heterocycles. The number of piperazine rings is 1. The molecule has 1 aliphatic rings. The van der Waals surface area contributed by atoms with Gasteiger partial charge >= 0.3 is 6.18 Å². The molecule has 0 aliphatic carbocycles. The van der Waals surface area contributed by atoms with E-state index < -0.39 is 18.0 Å². The molecule has 3 rings (SSSR count). The van der Waals surface area contributed by atoms with Gasteiger partial charge in [-0.3, -0.25) is 4.90 Å². The Morgan fingerprint density at radius 1 is 1.24 bits per heavy atom. The second-order valence-electron chi connectivity index (χ2n) is 7.58. The molecule has 1 fully saturated rings. The summed E-state index contributed by atoms with van der Waals surface area (Å²) in [4.78, 5) is 12.1. The van der Waals surface area contributed by atoms with Crippen LogP contribution in [-0.4, -0.2) is 77.1 Å². The molecule has 1 aromatic carbocycles. The fourth-order valence-electron chi connectivity index (χ4n) is 3.66. The molecule has 0 spiro atoms. The van der Waals surface area contributed by atoms with Crippen molar-refractivity contribution >= 4 is 33.4 Å². The third-order valence-electron chi connectivity index (χ3n) is 5.46. The molecule has 1 atom stereocenters. The van der Waals surface area contributed by atoms with E-state index in [-0.39, 0.29) is 11.8 Å². The molecule has 1 aromatic heterocycles. The van der Waals surface area contributed by atoms with Gasteiger partial charge in [0.25, 0.3) is 0 Å². The van der Waals surface area contributed by atoms with Gasteiger partial charge < -0.3 is 25.4 Å². The Morgan fingerprint density at radius 2 is 1.97 bits per heavy atom. The molecule has 1 unspecified atom stereocenters. The molecule has 12 heteroatoms. The van der Waals surface area contributed by atoms with Gasteiger partial charge in [-0.25, -0.2) is 4.98 Å². The highest BCUT2D eigenvalue weighted by Crippen LogP contribution is 2.35. The van der Waals surface area contributed by atoms with Crippen molar-refractivity contribution in [1.82, 2.24) is 19.8 Å². The van der Waals surface area contributed by atoms with E-state index in [1.54, 1.807) is 18.2 Å². The maximum atomic E-state index is 13.1. The number of nitrogens with one attached hydrogen (secondary N) is 2. The molecular formula is C21H28BrF3N6O2. The minimum Gasteiger partial charge on any atom is -0.495 e. The molecule has 3 N–H and O–H groups in total. The predicted molar refractivity (Wildman–Crippen MR) is 124 cm³/mol. The van der Waals surface area contributed by atoms with Crippen molar-refractivity contribution in [3.63, 3.8) is 0 Å². The van der Waals surface area contributed by atoms with E-state index in [0.29, 0.717) is 17.0 Å². The average molecular weight is 533 g/mol. The molecule has 2 aromatic rings. The monoisotopic (exact) mass is 532 g/mol. The first-order valence-electron chi connectivity index (χ1n) is 10.5. The summed E-state index contributed by atoms with van der Waals surface area (Å²) in [6.07, 6.45) is -3.54. The zero-order valence-electron chi connectivity index (χ0n) is 18.5. The van der Waals surface area contributed by atoms with Crippen LogP contribution in [0.2, 0.25) is 0 Å². The topological polar surface area (TPSA) is 85.8 Å². The van der Waals surface area contributed by atoms with Gasteiger partial charge in [-0.05, 0) is 30.7 Å². The van der Waals surface area contributed by atoms with Gasteiger partial charge in [0.15, 0.2) is 0 Å². The number of ether oxygens (including phenoxy) is 1. The largest absolute Gasteiger partial charge is 0.495 e. The number of alkyl halides is 4. The molecule has 0 amide bonds. The highest BCUT2D eigenvalue weighted by atomic mass is 79.9. The lowest BCUT2D eigenvalue weighted by Crippen LogP contribution is -2.47. The van der Waals surface area contributed by atoms with Crippen LogP contribution in [0.5, 0.6) is 5.75 Å². The van der Waals surface area contributed by atoms with Crippen LogP contribution in [0.25, 0.3) is 0 Å². The van der Waals surface area contributed by atoms with Crippen molar-refractivity contribution in [2.24, 2.45) is 0 Å². The zero-order valence-corrected chi connectivity index (χ0v) is 20.1. The van der Waals surface area contributed by atoms with E-state index >= 15 is 0 Å². The van der Waals surface area contributed by atoms with Crippen molar-refractivity contribution in [2.45, 2.75) is 18.8 Å². The van der Waals surface area contributed by atoms with E-state index in [9.17, 15) is 18.3 Å². The second-order valence-corrected chi connectivity index (χ2v) is 8.38. The van der Waals surface area contributed by atoms with E-state index in [2.05, 4.69) is 41.4 Å². The third kappa shape index (κ3) is 6.46. The first-order chi connectivity index (χ1) is 15.8. The summed E-state index contributed by atoms with van der Waals surface area (Å²) in [6.45, 7) is 4.31. The Labute approximate surface area is 199 Å². The minimum absolute atomic E-state index is 0.0152. The van der Waals surface area contributed by atoms with Crippen molar-refractivity contribution in [3.05, 3.63) is 35.5 Å². The number of anilines is 3. The number of nitrogens with zero attached hydrogens (tertiary/aromatic N) is 4. The Kier molecular flexibility index (Phi) is 8.74. The fourth-order valence-corrected chi connectivity index (χ4v) is 3.91. The van der Waals surface area contributed by atoms with Crippen LogP contribution >= 0.6 is 15.9 Å². The highest BCUT2D eigenvalue weighted by Gasteiger charge is 2.35. The van der Waals surface area contributed by atoms with Crippen molar-refractivity contribution < 1.29 is 23.0 Å². The number of aliphatic hydroxyl groups excluding tert-OH is 1. The summed E-state index contributed by atoms with van der Waals surface area (Å²) in [5.41, 5.74) is 0.179. The van der Waals surface area contributed by atoms with E-state index in [4.69, 9.17) is 4.74 Å². The molecule has 8 nitrogen and oxygen atoms in total. The number of hydrogen-bond acceptors (Lipinski definition) is 8. The van der Waals surface area contributed by atoms with Crippen molar-refractivity contribution in [3.8, 4) is 5.75 Å². The summed E-state index contributed by atoms with van der Waals surface area (Å²) >= 11 is 3.45. The number of methoxy groups -OCH3 is 1. The van der Waals surface area contributed by atoms with Gasteiger partial charge in [0.2, 0.25) is 5.95 Å². The van der Waals surface area contributed by atoms with Crippen molar-refractivity contribution in [1.29, 1.82) is 0 Å². The SMILES string of the molecule is CNc1nc(Nc2ccc(C(O)N3CCN(CCCBr)CC3)cc2OC)ncc1C(F)(F)F. The molecule has 1 aliphatic heterocycles. The van der Waals surface area contributed by atoms with Crippen molar-refractivity contribution in [2.75, 3.05) is 62.8 Å². The Bertz CT molecular complexity index is 925. The molecule has 0 radical (unpaired) electrons. The van der Waals surface area contributed by atoms with Crippen LogP contribution in [-0.2, 0) is 6.18 Å². The Balaban J connectivity index is 1.71. The van der Waals surface area contributed by atoms with Gasteiger partial charge in [-0.2, -0.15) is 18.2 Å². The zero-order chi connectivity index (χ0) is 24.0. The lowest BCUT2D eigenvalue weighted by atomic mass is 10.1. The van der Waals surface area contributed by atoms with Gasteiger partial charge in [0, 0.05) is 44.8 Å². The molecule has 0 saturated carbocycles. The van der Waals surface area contributed by atoms with E-state index in [0.717, 1.165) is 50.7 Å². The molecule has 1 saturated heterocycles. The first-order valence-corrected chi connectivity index (χ1v) is 11.7. The Morgan fingerprint density at radius 3 is 2.58 bits per heavy atom. The van der Waals surface area contributed by atoms with Crippen LogP contribution in [0.15, 0.2) is 24.4 Å². The quantitative estimate of drug-likeness (QED) is 0.421. The minimum atomic E-state index is -4.56. The molecule has 33 heavy (non-hydrogen) atoms. The summed E-state index contributed by atoms with van der Waals surface area (Å²) in [5.74, 6) is 0.0665. The normalized spacial score (nSPS) is 16.5. The predicted octanol–water partition coefficient (Wildman–Crippen LogP) is 3.68. The van der Waals surface area contributed by atoms with Gasteiger partial charge in [0.1, 0.15) is 23.4 Å². The summed E-state index contributed by atoms with van der Waals surface area (Å²) < 4.78 is 44.6. The van der Waals surface area contributed by atoms with Gasteiger partial charge in [-0.15, -0.1) is 0 Å². The third-order valence-corrected chi connectivity index (χ3v) is 6.02. The molecule has 0 bridgehead atoms. The average Bonchev–Trinajstić information content (AvgIpc) is 2.82. The van der Waals surface area contributed by atoms with E-state index in [1.807, 2.05) is 4.90 Å². The standard InChI is InChI=1S/C21H28BrF3N6O2/c1-26-18-15(21(23,24)25)13-27-20(29-18)28-16-5-4-14(12-17(16)33-2)19(32)31-10-8-30(9-11-31)7-3-6-22/h4-5,12-13,19,32H,3,6-11H2,1-2H3,(H2,26,27,28,29). The molecular weight excluding hydrogens is 505 g/mol. The van der Waals surface area contributed by atoms with Crippen LogP contribution in [0.4, 0.5) is 30.6 Å². The number of benzene rings is 1. The van der Waals surface area contributed by atoms with Crippen LogP contribution in [0.3, 0.4) is 0 Å². The number of aliphatic hydroxyl groups is 1. The highest BCUT2D eigenvalue weighted by molar-refractivity contribution is 9.09. The smallest absolute Gasteiger partial charge is 0.421 e. The Hall–Kier alpha value is -2.15. The van der Waals surface area contributed by atoms with Gasteiger partial charge in [0.05, 0.1) is 12.8 Å². The van der Waals surface area contributed by atoms with E-state index in [1.165, 1.54) is 14.2 Å². The lowest BCUT2D eigenvalue weighted by Gasteiger charge is -2.37. The number of hydrogen-bond donors (Lipinski definition) is 3. The summed E-state index contributed by atoms with van der Waals surface area (Å²) in [5, 5.41) is 17.2. The van der Waals surface area contributed by atoms with Gasteiger partial charge in [-0.1, -0.05) is 22.0 Å².